The van der Waals surface area contributed by atoms with Crippen molar-refractivity contribution < 1.29 is 4.79 Å². The summed E-state index contributed by atoms with van der Waals surface area (Å²) in [4.78, 5) is 12.7. The van der Waals surface area contributed by atoms with E-state index in [1.807, 2.05) is 11.8 Å². The molecule has 0 heterocycles. The molecule has 0 aromatic rings. The number of hydrogen-bond acceptors (Lipinski definition) is 3. The fraction of sp³-hybridized carbons (Fsp3) is 0.875. The predicted molar refractivity (Wildman–Crippen MR) is 54.6 cm³/mol. The lowest BCUT2D eigenvalue weighted by atomic mass is 10.4. The third-order valence-electron chi connectivity index (χ3n) is 1.50. The van der Waals surface area contributed by atoms with Gasteiger partial charge in [-0.25, -0.2) is 0 Å². The quantitative estimate of drug-likeness (QED) is 0.616. The molecule has 0 saturated heterocycles. The summed E-state index contributed by atoms with van der Waals surface area (Å²) >= 11 is 1.81. The summed E-state index contributed by atoms with van der Waals surface area (Å²) in [6.45, 7) is 1.78. The number of hydrogen-bond donors (Lipinski definition) is 1. The third-order valence-corrected chi connectivity index (χ3v) is 2.11. The predicted octanol–water partition coefficient (Wildman–Crippen LogP) is 0.417. The summed E-state index contributed by atoms with van der Waals surface area (Å²) in [7, 11) is 3.56. The van der Waals surface area contributed by atoms with Gasteiger partial charge in [0, 0.05) is 39.4 Å². The van der Waals surface area contributed by atoms with Crippen LogP contribution in [-0.2, 0) is 4.79 Å². The minimum absolute atomic E-state index is 0.187. The van der Waals surface area contributed by atoms with Crippen molar-refractivity contribution in [1.82, 2.24) is 10.2 Å². The second-order valence-electron chi connectivity index (χ2n) is 2.78. The van der Waals surface area contributed by atoms with Crippen molar-refractivity contribution in [3.63, 3.8) is 0 Å². The van der Waals surface area contributed by atoms with Gasteiger partial charge in [-0.2, -0.15) is 11.8 Å². The third kappa shape index (κ3) is 6.49. The van der Waals surface area contributed by atoms with Crippen molar-refractivity contribution in [3.8, 4) is 0 Å². The van der Waals surface area contributed by atoms with Gasteiger partial charge in [0.1, 0.15) is 0 Å². The Hall–Kier alpha value is -0.220. The highest BCUT2D eigenvalue weighted by Gasteiger charge is 2.01. The normalized spacial score (nSPS) is 9.92. The molecule has 1 amide bonds. The van der Waals surface area contributed by atoms with Crippen molar-refractivity contribution in [1.29, 1.82) is 0 Å². The van der Waals surface area contributed by atoms with Crippen LogP contribution in [0.15, 0.2) is 0 Å². The van der Waals surface area contributed by atoms with E-state index in [0.29, 0.717) is 6.42 Å². The van der Waals surface area contributed by atoms with Gasteiger partial charge < -0.3 is 10.2 Å². The Morgan fingerprint density at radius 2 is 2.08 bits per heavy atom. The van der Waals surface area contributed by atoms with E-state index in [0.717, 1.165) is 18.8 Å². The highest BCUT2D eigenvalue weighted by atomic mass is 32.2. The molecule has 1 N–H and O–H groups in total. The van der Waals surface area contributed by atoms with Crippen LogP contribution in [0.3, 0.4) is 0 Å². The monoisotopic (exact) mass is 190 g/mol. The minimum Gasteiger partial charge on any atom is -0.349 e. The Bertz CT molecular complexity index is 128. The number of amides is 1. The van der Waals surface area contributed by atoms with Crippen molar-refractivity contribution in [2.75, 3.05) is 39.2 Å². The smallest absolute Gasteiger partial charge is 0.223 e. The molecule has 3 nitrogen and oxygen atoms in total. The van der Waals surface area contributed by atoms with Crippen LogP contribution in [0.4, 0.5) is 0 Å². The summed E-state index contributed by atoms with van der Waals surface area (Å²) in [5.74, 6) is 1.29. The maximum Gasteiger partial charge on any atom is 0.223 e. The largest absolute Gasteiger partial charge is 0.349 e. The van der Waals surface area contributed by atoms with E-state index in [2.05, 4.69) is 11.6 Å². The van der Waals surface area contributed by atoms with Crippen LogP contribution in [0.1, 0.15) is 6.42 Å². The Labute approximate surface area is 78.9 Å². The van der Waals surface area contributed by atoms with Crippen LogP contribution in [0.5, 0.6) is 0 Å². The van der Waals surface area contributed by atoms with Crippen molar-refractivity contribution >= 4 is 17.7 Å². The maximum atomic E-state index is 11.1. The van der Waals surface area contributed by atoms with Gasteiger partial charge in [-0.15, -0.1) is 0 Å². The first-order valence-electron chi connectivity index (χ1n) is 4.08. The van der Waals surface area contributed by atoms with Crippen molar-refractivity contribution in [2.24, 2.45) is 0 Å². The second kappa shape index (κ2) is 7.43. The number of carbonyl (C=O) groups is 1. The number of rotatable bonds is 6. The molecule has 0 saturated carbocycles. The average molecular weight is 190 g/mol. The van der Waals surface area contributed by atoms with Gasteiger partial charge in [0.15, 0.2) is 0 Å². The molecular weight excluding hydrogens is 172 g/mol. The van der Waals surface area contributed by atoms with Crippen LogP contribution in [0, 0.1) is 0 Å². The molecule has 0 aliphatic rings. The molecule has 4 heteroatoms. The van der Waals surface area contributed by atoms with E-state index in [1.165, 1.54) is 0 Å². The highest BCUT2D eigenvalue weighted by molar-refractivity contribution is 7.98. The second-order valence-corrected chi connectivity index (χ2v) is 3.77. The summed E-state index contributed by atoms with van der Waals surface area (Å²) in [5, 5.41) is 3.20. The fourth-order valence-electron chi connectivity index (χ4n) is 0.718. The molecule has 0 unspecified atom stereocenters. The first kappa shape index (κ1) is 11.8. The van der Waals surface area contributed by atoms with Gasteiger partial charge in [-0.3, -0.25) is 4.79 Å². The SMILES string of the molecule is CSCCNCCC(=O)N(C)C. The van der Waals surface area contributed by atoms with Crippen molar-refractivity contribution in [3.05, 3.63) is 0 Å². The molecule has 72 valence electrons. The molecule has 0 aromatic carbocycles. The minimum atomic E-state index is 0.187. The van der Waals surface area contributed by atoms with E-state index in [-0.39, 0.29) is 5.91 Å². The zero-order valence-electron chi connectivity index (χ0n) is 8.09. The van der Waals surface area contributed by atoms with Gasteiger partial charge in [-0.1, -0.05) is 0 Å². The van der Waals surface area contributed by atoms with Crippen LogP contribution in [-0.4, -0.2) is 50.0 Å². The zero-order valence-corrected chi connectivity index (χ0v) is 8.91. The Kier molecular flexibility index (Phi) is 7.29. The van der Waals surface area contributed by atoms with E-state index < -0.39 is 0 Å². The molecule has 0 aliphatic carbocycles. The Balaban J connectivity index is 3.14. The topological polar surface area (TPSA) is 32.3 Å². The number of carbonyl (C=O) groups excluding carboxylic acids is 1. The number of thioether (sulfide) groups is 1. The molecule has 0 spiro atoms. The molecule has 0 bridgehead atoms. The van der Waals surface area contributed by atoms with E-state index in [4.69, 9.17) is 0 Å². The van der Waals surface area contributed by atoms with Gasteiger partial charge >= 0.3 is 0 Å². The molecule has 0 aliphatic heterocycles. The summed E-state index contributed by atoms with van der Waals surface area (Å²) in [6, 6.07) is 0. The van der Waals surface area contributed by atoms with E-state index in [1.54, 1.807) is 19.0 Å². The van der Waals surface area contributed by atoms with E-state index in [9.17, 15) is 4.79 Å². The van der Waals surface area contributed by atoms with E-state index >= 15 is 0 Å². The van der Waals surface area contributed by atoms with Crippen molar-refractivity contribution in [2.45, 2.75) is 6.42 Å². The lowest BCUT2D eigenvalue weighted by Gasteiger charge is -2.09. The van der Waals surface area contributed by atoms with Gasteiger partial charge in [0.25, 0.3) is 0 Å². The fourth-order valence-corrected chi connectivity index (χ4v) is 1.07. The summed E-state index contributed by atoms with van der Waals surface area (Å²) in [6.07, 6.45) is 2.67. The Morgan fingerprint density at radius 1 is 1.42 bits per heavy atom. The number of nitrogens with one attached hydrogen (secondary N) is 1. The Morgan fingerprint density at radius 3 is 2.58 bits per heavy atom. The van der Waals surface area contributed by atoms with Gasteiger partial charge in [0.05, 0.1) is 0 Å². The highest BCUT2D eigenvalue weighted by Crippen LogP contribution is 1.88. The first-order chi connectivity index (χ1) is 5.68. The molecular formula is C8H18N2OS. The molecule has 0 aromatic heterocycles. The zero-order chi connectivity index (χ0) is 9.40. The van der Waals surface area contributed by atoms with Gasteiger partial charge in [-0.05, 0) is 6.26 Å². The first-order valence-corrected chi connectivity index (χ1v) is 5.47. The summed E-state index contributed by atoms with van der Waals surface area (Å²) < 4.78 is 0. The molecule has 0 atom stereocenters. The summed E-state index contributed by atoms with van der Waals surface area (Å²) in [5.41, 5.74) is 0. The number of nitrogens with zero attached hydrogens (tertiary/aromatic N) is 1. The molecule has 12 heavy (non-hydrogen) atoms. The van der Waals surface area contributed by atoms with Crippen LogP contribution in [0.25, 0.3) is 0 Å². The molecule has 0 rings (SSSR count). The van der Waals surface area contributed by atoms with Crippen LogP contribution >= 0.6 is 11.8 Å². The van der Waals surface area contributed by atoms with Crippen LogP contribution in [0.2, 0.25) is 0 Å². The van der Waals surface area contributed by atoms with Crippen LogP contribution < -0.4 is 5.32 Å². The lowest BCUT2D eigenvalue weighted by Crippen LogP contribution is -2.27. The van der Waals surface area contributed by atoms with Gasteiger partial charge in [0.2, 0.25) is 5.91 Å². The maximum absolute atomic E-state index is 11.1. The molecule has 0 fully saturated rings. The lowest BCUT2D eigenvalue weighted by molar-refractivity contribution is -0.128. The molecule has 0 radical (unpaired) electrons. The standard InChI is InChI=1S/C8H18N2OS/c1-10(2)8(11)4-5-9-6-7-12-3/h9H,4-7H2,1-3H3. The average Bonchev–Trinajstić information content (AvgIpc) is 2.03.